The Balaban J connectivity index is 2.72. The summed E-state index contributed by atoms with van der Waals surface area (Å²) in [6.07, 6.45) is 1.19. The number of nitrogens with one attached hydrogen (secondary N) is 1. The van der Waals surface area contributed by atoms with Crippen molar-refractivity contribution in [3.63, 3.8) is 0 Å². The highest BCUT2D eigenvalue weighted by Crippen LogP contribution is 2.24. The number of halogens is 2. The standard InChI is InChI=1S/C11H5BrClN3O2/c12-8-3-7(1-2-9(8)13)16-5-6(4-14)10(17)15-11(16)18/h1-3,5H,(H,15,17,18). The molecule has 0 unspecified atom stereocenters. The third-order valence-corrected chi connectivity index (χ3v) is 3.46. The normalized spacial score (nSPS) is 10.1. The molecule has 1 heterocycles. The number of nitriles is 1. The molecule has 0 radical (unpaired) electrons. The molecule has 0 amide bonds. The summed E-state index contributed by atoms with van der Waals surface area (Å²) in [5, 5.41) is 9.26. The SMILES string of the molecule is N#Cc1cn(-c2ccc(Cl)c(Br)c2)c(=O)[nH]c1=O. The lowest BCUT2D eigenvalue weighted by Crippen LogP contribution is -2.30. The van der Waals surface area contributed by atoms with Gasteiger partial charge in [-0.3, -0.25) is 14.3 Å². The van der Waals surface area contributed by atoms with Crippen LogP contribution in [0.25, 0.3) is 5.69 Å². The maximum atomic E-state index is 11.7. The van der Waals surface area contributed by atoms with Crippen molar-refractivity contribution in [1.29, 1.82) is 5.26 Å². The molecule has 1 aromatic carbocycles. The Bertz CT molecular complexity index is 773. The van der Waals surface area contributed by atoms with Crippen LogP contribution in [0.1, 0.15) is 5.56 Å². The van der Waals surface area contributed by atoms with Gasteiger partial charge in [-0.1, -0.05) is 11.6 Å². The van der Waals surface area contributed by atoms with E-state index < -0.39 is 11.2 Å². The van der Waals surface area contributed by atoms with Gasteiger partial charge in [0.15, 0.2) is 0 Å². The molecule has 0 spiro atoms. The molecule has 2 rings (SSSR count). The first-order chi connectivity index (χ1) is 8.52. The van der Waals surface area contributed by atoms with Crippen molar-refractivity contribution in [2.24, 2.45) is 0 Å². The Morgan fingerprint density at radius 3 is 2.72 bits per heavy atom. The predicted octanol–water partition coefficient (Wildman–Crippen LogP) is 1.81. The molecule has 0 fully saturated rings. The lowest BCUT2D eigenvalue weighted by Gasteiger charge is -2.06. The van der Waals surface area contributed by atoms with Gasteiger partial charge in [0, 0.05) is 10.7 Å². The summed E-state index contributed by atoms with van der Waals surface area (Å²) in [5.74, 6) is 0. The van der Waals surface area contributed by atoms with Crippen LogP contribution in [0.4, 0.5) is 0 Å². The van der Waals surface area contributed by atoms with Gasteiger partial charge in [-0.2, -0.15) is 5.26 Å². The Morgan fingerprint density at radius 1 is 1.39 bits per heavy atom. The van der Waals surface area contributed by atoms with E-state index in [1.54, 1.807) is 24.3 Å². The lowest BCUT2D eigenvalue weighted by atomic mass is 10.3. The van der Waals surface area contributed by atoms with E-state index in [1.807, 2.05) is 0 Å². The van der Waals surface area contributed by atoms with E-state index in [2.05, 4.69) is 20.9 Å². The van der Waals surface area contributed by atoms with Crippen molar-refractivity contribution in [2.45, 2.75) is 0 Å². The maximum absolute atomic E-state index is 11.7. The zero-order valence-corrected chi connectivity index (χ0v) is 11.1. The third-order valence-electron chi connectivity index (χ3n) is 2.24. The summed E-state index contributed by atoms with van der Waals surface area (Å²) in [6, 6.07) is 6.54. The largest absolute Gasteiger partial charge is 0.332 e. The summed E-state index contributed by atoms with van der Waals surface area (Å²) >= 11 is 9.08. The number of aromatic nitrogens is 2. The number of hydrogen-bond donors (Lipinski definition) is 1. The van der Waals surface area contributed by atoms with Gasteiger partial charge in [0.25, 0.3) is 5.56 Å². The molecule has 0 bridgehead atoms. The minimum absolute atomic E-state index is 0.138. The van der Waals surface area contributed by atoms with Crippen LogP contribution < -0.4 is 11.2 Å². The zero-order valence-electron chi connectivity index (χ0n) is 8.78. The van der Waals surface area contributed by atoms with Crippen LogP contribution >= 0.6 is 27.5 Å². The van der Waals surface area contributed by atoms with Crippen LogP contribution in [0.2, 0.25) is 5.02 Å². The van der Waals surface area contributed by atoms with Gasteiger partial charge in [-0.05, 0) is 34.1 Å². The maximum Gasteiger partial charge on any atom is 0.332 e. The molecular formula is C11H5BrClN3O2. The van der Waals surface area contributed by atoms with Gasteiger partial charge in [0.2, 0.25) is 0 Å². The van der Waals surface area contributed by atoms with E-state index >= 15 is 0 Å². The average Bonchev–Trinajstić information content (AvgIpc) is 2.33. The lowest BCUT2D eigenvalue weighted by molar-refractivity contribution is 0.889. The summed E-state index contributed by atoms with van der Waals surface area (Å²) in [4.78, 5) is 25.0. The van der Waals surface area contributed by atoms with Crippen molar-refractivity contribution in [2.75, 3.05) is 0 Å². The molecular weight excluding hydrogens is 321 g/mol. The minimum atomic E-state index is -0.702. The zero-order chi connectivity index (χ0) is 13.3. The first kappa shape index (κ1) is 12.6. The second-order valence-corrected chi connectivity index (χ2v) is 4.64. The number of hydrogen-bond acceptors (Lipinski definition) is 3. The Morgan fingerprint density at radius 2 is 2.11 bits per heavy atom. The first-order valence-electron chi connectivity index (χ1n) is 4.74. The van der Waals surface area contributed by atoms with Crippen molar-refractivity contribution in [1.82, 2.24) is 9.55 Å². The molecule has 1 N–H and O–H groups in total. The van der Waals surface area contributed by atoms with Crippen LogP contribution in [-0.2, 0) is 0 Å². The summed E-state index contributed by atoms with van der Waals surface area (Å²) in [7, 11) is 0. The van der Waals surface area contributed by atoms with Crippen LogP contribution in [0.3, 0.4) is 0 Å². The molecule has 0 aliphatic carbocycles. The number of aromatic amines is 1. The van der Waals surface area contributed by atoms with E-state index in [9.17, 15) is 9.59 Å². The van der Waals surface area contributed by atoms with Crippen LogP contribution in [0.5, 0.6) is 0 Å². The van der Waals surface area contributed by atoms with Crippen LogP contribution in [0, 0.1) is 11.3 Å². The molecule has 1 aromatic heterocycles. The fourth-order valence-corrected chi connectivity index (χ4v) is 1.86. The number of benzene rings is 1. The molecule has 0 aliphatic heterocycles. The molecule has 0 atom stereocenters. The van der Waals surface area contributed by atoms with Crippen molar-refractivity contribution in [3.8, 4) is 11.8 Å². The van der Waals surface area contributed by atoms with Gasteiger partial charge in [-0.15, -0.1) is 0 Å². The number of nitrogens with zero attached hydrogens (tertiary/aromatic N) is 2. The summed E-state index contributed by atoms with van der Waals surface area (Å²) in [6.45, 7) is 0. The molecule has 0 saturated carbocycles. The molecule has 5 nitrogen and oxygen atoms in total. The average molecular weight is 327 g/mol. The van der Waals surface area contributed by atoms with Crippen molar-refractivity contribution >= 4 is 27.5 Å². The smallest absolute Gasteiger partial charge is 0.273 e. The third kappa shape index (κ3) is 2.23. The monoisotopic (exact) mass is 325 g/mol. The summed E-state index contributed by atoms with van der Waals surface area (Å²) in [5.41, 5.74) is -0.968. The van der Waals surface area contributed by atoms with Gasteiger partial charge < -0.3 is 0 Å². The second-order valence-electron chi connectivity index (χ2n) is 3.38. The highest BCUT2D eigenvalue weighted by molar-refractivity contribution is 9.10. The van der Waals surface area contributed by atoms with Gasteiger partial charge >= 0.3 is 5.69 Å². The molecule has 2 aromatic rings. The van der Waals surface area contributed by atoms with Crippen molar-refractivity contribution < 1.29 is 0 Å². The molecule has 7 heteroatoms. The highest BCUT2D eigenvalue weighted by Gasteiger charge is 2.07. The minimum Gasteiger partial charge on any atom is -0.273 e. The van der Waals surface area contributed by atoms with Crippen LogP contribution in [0.15, 0.2) is 38.5 Å². The quantitative estimate of drug-likeness (QED) is 0.868. The van der Waals surface area contributed by atoms with Crippen LogP contribution in [-0.4, -0.2) is 9.55 Å². The predicted molar refractivity (Wildman–Crippen MR) is 70.1 cm³/mol. The Labute approximate surface area is 114 Å². The fourth-order valence-electron chi connectivity index (χ4n) is 1.38. The topological polar surface area (TPSA) is 78.7 Å². The Kier molecular flexibility index (Phi) is 3.36. The van der Waals surface area contributed by atoms with E-state index in [0.717, 1.165) is 0 Å². The molecule has 90 valence electrons. The molecule has 0 saturated heterocycles. The molecule has 0 aliphatic rings. The van der Waals surface area contributed by atoms with E-state index in [0.29, 0.717) is 15.2 Å². The summed E-state index contributed by atoms with van der Waals surface area (Å²) < 4.78 is 1.78. The first-order valence-corrected chi connectivity index (χ1v) is 5.91. The highest BCUT2D eigenvalue weighted by atomic mass is 79.9. The van der Waals surface area contributed by atoms with Gasteiger partial charge in [0.05, 0.1) is 10.7 Å². The van der Waals surface area contributed by atoms with E-state index in [1.165, 1.54) is 10.8 Å². The molecule has 18 heavy (non-hydrogen) atoms. The van der Waals surface area contributed by atoms with Gasteiger partial charge in [-0.25, -0.2) is 4.79 Å². The van der Waals surface area contributed by atoms with E-state index in [-0.39, 0.29) is 5.56 Å². The number of H-pyrrole nitrogens is 1. The second kappa shape index (κ2) is 4.80. The Hall–Kier alpha value is -1.84. The van der Waals surface area contributed by atoms with Crippen molar-refractivity contribution in [3.05, 3.63) is 60.3 Å². The van der Waals surface area contributed by atoms with E-state index in [4.69, 9.17) is 16.9 Å². The van der Waals surface area contributed by atoms with Gasteiger partial charge in [0.1, 0.15) is 11.6 Å². The number of rotatable bonds is 1. The fraction of sp³-hybridized carbons (Fsp3) is 0.